The van der Waals surface area contributed by atoms with Crippen molar-refractivity contribution in [3.05, 3.63) is 89.5 Å². The van der Waals surface area contributed by atoms with Gasteiger partial charge in [0.15, 0.2) is 12.5 Å². The largest absolute Gasteiger partial charge is 0.475 e. The number of hydrogen-bond acceptors (Lipinski definition) is 11. The Bertz CT molecular complexity index is 1490. The van der Waals surface area contributed by atoms with Gasteiger partial charge in [0, 0.05) is 23.5 Å². The number of nitrogens with zero attached hydrogens (tertiary/aromatic N) is 3. The molecule has 0 bridgehead atoms. The molecule has 2 aromatic heterocycles. The number of H-pyrrole nitrogens is 2. The molecule has 0 fully saturated rings. The van der Waals surface area contributed by atoms with Crippen LogP contribution in [0.2, 0.25) is 0 Å². The molecular weight excluding hydrogens is 537 g/mol. The van der Waals surface area contributed by atoms with Crippen molar-refractivity contribution in [2.45, 2.75) is 44.9 Å². The Morgan fingerprint density at radius 1 is 0.846 bits per heavy atom. The van der Waals surface area contributed by atoms with Crippen molar-refractivity contribution in [2.75, 3.05) is 19.8 Å². The number of aryl methyl sites for hydroxylation is 2. The fraction of sp³-hybridized carbons (Fsp3) is 0.435. The molecule has 2 aromatic rings. The molecule has 2 aliphatic rings. The molecule has 208 valence electrons. The van der Waals surface area contributed by atoms with Gasteiger partial charge >= 0.3 is 19.2 Å². The van der Waals surface area contributed by atoms with E-state index in [1.165, 1.54) is 21.5 Å². The Morgan fingerprint density at radius 3 is 1.74 bits per heavy atom. The summed E-state index contributed by atoms with van der Waals surface area (Å²) < 4.78 is 43.3. The lowest BCUT2D eigenvalue weighted by atomic mass is 10.3. The van der Waals surface area contributed by atoms with Crippen LogP contribution in [0.25, 0.3) is 0 Å². The maximum absolute atomic E-state index is 13.3. The second-order valence-electron chi connectivity index (χ2n) is 8.64. The van der Waals surface area contributed by atoms with E-state index in [4.69, 9.17) is 28.3 Å². The predicted molar refractivity (Wildman–Crippen MR) is 134 cm³/mol. The molecule has 0 radical (unpaired) electrons. The molecule has 39 heavy (non-hydrogen) atoms. The number of nitriles is 1. The van der Waals surface area contributed by atoms with Crippen LogP contribution in [0.5, 0.6) is 0 Å². The number of aromatic amines is 2. The van der Waals surface area contributed by atoms with Crippen molar-refractivity contribution in [3.63, 3.8) is 0 Å². The lowest BCUT2D eigenvalue weighted by Gasteiger charge is -2.22. The Kier molecular flexibility index (Phi) is 8.76. The highest BCUT2D eigenvalue weighted by molar-refractivity contribution is 7.48. The number of phosphoric acid groups is 1. The van der Waals surface area contributed by atoms with Crippen molar-refractivity contribution < 1.29 is 27.6 Å². The quantitative estimate of drug-likeness (QED) is 0.222. The molecule has 0 spiro atoms. The number of hydrogen-bond donors (Lipinski definition) is 2. The highest BCUT2D eigenvalue weighted by Gasteiger charge is 2.33. The van der Waals surface area contributed by atoms with Crippen LogP contribution >= 0.6 is 7.82 Å². The van der Waals surface area contributed by atoms with E-state index in [9.17, 15) is 23.7 Å². The standard InChI is InChI=1S/C23H26N5O10P/c1-14-10-27(22(31)25-20(14)29)18-6-4-16(37-18)12-35-39(33,34-9-3-8-24)36-13-17-5-7-19(38-17)28-11-15(2)21(30)26-23(28)32/h4-7,10-11,16-19H,3,9,12-13H2,1-2H3,(H,25,29,31)(H,26,30,32)/t16-,17-,18+,19+/m0/s1. The van der Waals surface area contributed by atoms with Crippen LogP contribution in [0.1, 0.15) is 30.0 Å². The summed E-state index contributed by atoms with van der Waals surface area (Å²) in [5, 5.41) is 8.80. The highest BCUT2D eigenvalue weighted by atomic mass is 31.2. The monoisotopic (exact) mass is 563 g/mol. The number of aromatic nitrogens is 4. The maximum Gasteiger partial charge on any atom is 0.475 e. The van der Waals surface area contributed by atoms with Crippen LogP contribution in [0.3, 0.4) is 0 Å². The van der Waals surface area contributed by atoms with Crippen LogP contribution in [0.15, 0.2) is 55.9 Å². The number of ether oxygens (including phenoxy) is 2. The minimum absolute atomic E-state index is 0.0660. The van der Waals surface area contributed by atoms with Gasteiger partial charge in [0.2, 0.25) is 0 Å². The van der Waals surface area contributed by atoms with Gasteiger partial charge in [0.25, 0.3) is 11.1 Å². The van der Waals surface area contributed by atoms with Crippen molar-refractivity contribution >= 4 is 7.82 Å². The fourth-order valence-corrected chi connectivity index (χ4v) is 4.88. The van der Waals surface area contributed by atoms with E-state index in [2.05, 4.69) is 9.97 Å². The summed E-state index contributed by atoms with van der Waals surface area (Å²) in [4.78, 5) is 51.9. The van der Waals surface area contributed by atoms with Gasteiger partial charge < -0.3 is 9.47 Å². The molecule has 16 heteroatoms. The topological polar surface area (TPSA) is 197 Å². The average Bonchev–Trinajstić information content (AvgIpc) is 3.56. The molecule has 0 unspecified atom stereocenters. The first kappa shape index (κ1) is 28.4. The lowest BCUT2D eigenvalue weighted by molar-refractivity contribution is -0.0281. The summed E-state index contributed by atoms with van der Waals surface area (Å²) in [6.45, 7) is 2.32. The zero-order valence-electron chi connectivity index (χ0n) is 21.0. The van der Waals surface area contributed by atoms with Gasteiger partial charge in [-0.2, -0.15) is 5.26 Å². The molecule has 15 nitrogen and oxygen atoms in total. The average molecular weight is 563 g/mol. The Labute approximate surface area is 220 Å². The molecule has 4 heterocycles. The van der Waals surface area contributed by atoms with E-state index in [0.29, 0.717) is 11.1 Å². The fourth-order valence-electron chi connectivity index (χ4n) is 3.68. The number of phosphoric ester groups is 1. The van der Waals surface area contributed by atoms with Crippen LogP contribution in [0.4, 0.5) is 0 Å². The first-order valence-electron chi connectivity index (χ1n) is 11.8. The van der Waals surface area contributed by atoms with Gasteiger partial charge in [0.1, 0.15) is 12.2 Å². The van der Waals surface area contributed by atoms with Gasteiger partial charge in [-0.05, 0) is 26.0 Å². The highest BCUT2D eigenvalue weighted by Crippen LogP contribution is 2.50. The van der Waals surface area contributed by atoms with Crippen molar-refractivity contribution in [2.24, 2.45) is 0 Å². The van der Waals surface area contributed by atoms with Crippen molar-refractivity contribution in [1.29, 1.82) is 5.26 Å². The van der Waals surface area contributed by atoms with Crippen LogP contribution in [-0.4, -0.2) is 51.1 Å². The summed E-state index contributed by atoms with van der Waals surface area (Å²) in [7, 11) is -4.20. The predicted octanol–water partition coefficient (Wildman–Crippen LogP) is 0.682. The maximum atomic E-state index is 13.3. The van der Waals surface area contributed by atoms with E-state index in [1.54, 1.807) is 38.2 Å². The first-order valence-corrected chi connectivity index (χ1v) is 13.3. The molecular formula is C23H26N5O10P. The Balaban J connectivity index is 1.35. The number of rotatable bonds is 11. The Morgan fingerprint density at radius 2 is 1.31 bits per heavy atom. The summed E-state index contributed by atoms with van der Waals surface area (Å²) in [6.07, 6.45) is 5.89. The van der Waals surface area contributed by atoms with E-state index in [0.717, 1.165) is 0 Å². The summed E-state index contributed by atoms with van der Waals surface area (Å²) >= 11 is 0. The molecule has 4 rings (SSSR count). The molecule has 2 aliphatic heterocycles. The first-order chi connectivity index (χ1) is 18.6. The summed E-state index contributed by atoms with van der Waals surface area (Å²) in [5.41, 5.74) is -1.67. The molecule has 0 saturated carbocycles. The SMILES string of the molecule is Cc1cn([C@H]2C=C[C@@H](COP(=O)(OCCC#N)OC[C@@H]3C=C[C@H](n4cc(C)c(=O)[nH]c4=O)O3)O2)c(=O)[nH]c1=O. The molecule has 0 amide bonds. The van der Waals surface area contributed by atoms with Crippen LogP contribution in [0, 0.1) is 25.2 Å². The Hall–Kier alpha value is -3.64. The summed E-state index contributed by atoms with van der Waals surface area (Å²) in [6, 6.07) is 1.87. The second kappa shape index (κ2) is 12.0. The van der Waals surface area contributed by atoms with E-state index in [1.807, 2.05) is 6.07 Å². The lowest BCUT2D eigenvalue weighted by Crippen LogP contribution is -2.33. The van der Waals surface area contributed by atoms with E-state index >= 15 is 0 Å². The van der Waals surface area contributed by atoms with Gasteiger partial charge in [0.05, 0.1) is 32.3 Å². The molecule has 4 atom stereocenters. The van der Waals surface area contributed by atoms with Gasteiger partial charge in [-0.3, -0.25) is 42.3 Å². The van der Waals surface area contributed by atoms with Gasteiger partial charge in [-0.15, -0.1) is 0 Å². The van der Waals surface area contributed by atoms with Gasteiger partial charge in [-0.1, -0.05) is 12.2 Å². The molecule has 0 aliphatic carbocycles. The number of nitrogens with one attached hydrogen (secondary N) is 2. The van der Waals surface area contributed by atoms with Crippen molar-refractivity contribution in [1.82, 2.24) is 19.1 Å². The minimum Gasteiger partial charge on any atom is -0.344 e. The van der Waals surface area contributed by atoms with Gasteiger partial charge in [-0.25, -0.2) is 14.2 Å². The zero-order chi connectivity index (χ0) is 28.2. The van der Waals surface area contributed by atoms with E-state index in [-0.39, 0.29) is 26.2 Å². The normalized spacial score (nSPS) is 22.4. The molecule has 0 aromatic carbocycles. The molecule has 0 saturated heterocycles. The van der Waals surface area contributed by atoms with Crippen LogP contribution < -0.4 is 22.5 Å². The summed E-state index contributed by atoms with van der Waals surface area (Å²) in [5.74, 6) is 0. The third-order valence-electron chi connectivity index (χ3n) is 5.71. The third kappa shape index (κ3) is 6.87. The molecule has 2 N–H and O–H groups in total. The third-order valence-corrected chi connectivity index (χ3v) is 7.14. The van der Waals surface area contributed by atoms with Crippen molar-refractivity contribution in [3.8, 4) is 6.07 Å². The zero-order valence-corrected chi connectivity index (χ0v) is 21.9. The smallest absolute Gasteiger partial charge is 0.344 e. The van der Waals surface area contributed by atoms with E-state index < -0.39 is 55.0 Å². The second-order valence-corrected chi connectivity index (χ2v) is 10.3. The minimum atomic E-state index is -4.20. The van der Waals surface area contributed by atoms with Crippen LogP contribution in [-0.2, 0) is 27.6 Å².